The van der Waals surface area contributed by atoms with Crippen molar-refractivity contribution in [1.29, 1.82) is 0 Å². The van der Waals surface area contributed by atoms with Gasteiger partial charge in [-0.15, -0.1) is 0 Å². The van der Waals surface area contributed by atoms with Gasteiger partial charge in [0.25, 0.3) is 0 Å². The molecule has 3 rings (SSSR count). The predicted octanol–water partition coefficient (Wildman–Crippen LogP) is 2.81. The lowest BCUT2D eigenvalue weighted by Gasteiger charge is -1.99. The van der Waals surface area contributed by atoms with E-state index in [0.717, 1.165) is 12.8 Å². The minimum Gasteiger partial charge on any atom is -0.307 e. The summed E-state index contributed by atoms with van der Waals surface area (Å²) >= 11 is 0. The molecular formula is C16H17N. The molecule has 0 aromatic heterocycles. The predicted molar refractivity (Wildman–Crippen MR) is 71.0 cm³/mol. The first kappa shape index (κ1) is 10.5. The Morgan fingerprint density at radius 3 is 1.47 bits per heavy atom. The summed E-state index contributed by atoms with van der Waals surface area (Å²) in [5.41, 5.74) is 2.86. The molecule has 1 heteroatoms. The van der Waals surface area contributed by atoms with Crippen LogP contribution >= 0.6 is 0 Å². The van der Waals surface area contributed by atoms with Gasteiger partial charge in [0.1, 0.15) is 0 Å². The lowest BCUT2D eigenvalue weighted by atomic mass is 10.0. The minimum atomic E-state index is 0.664. The fourth-order valence-electron chi connectivity index (χ4n) is 2.36. The summed E-state index contributed by atoms with van der Waals surface area (Å²) < 4.78 is 0. The van der Waals surface area contributed by atoms with Gasteiger partial charge in [0.05, 0.1) is 0 Å². The largest absolute Gasteiger partial charge is 0.307 e. The van der Waals surface area contributed by atoms with Crippen LogP contribution in [0.4, 0.5) is 0 Å². The van der Waals surface area contributed by atoms with Gasteiger partial charge in [-0.3, -0.25) is 0 Å². The molecule has 0 aliphatic carbocycles. The first-order chi connectivity index (χ1) is 8.42. The molecule has 0 radical (unpaired) electrons. The smallest absolute Gasteiger partial charge is 0.0268 e. The molecule has 1 heterocycles. The summed E-state index contributed by atoms with van der Waals surface area (Å²) in [6.07, 6.45) is 2.30. The third kappa shape index (κ3) is 2.75. The van der Waals surface area contributed by atoms with Crippen LogP contribution in [0.15, 0.2) is 60.7 Å². The van der Waals surface area contributed by atoms with Crippen molar-refractivity contribution >= 4 is 0 Å². The molecular weight excluding hydrogens is 206 g/mol. The Morgan fingerprint density at radius 1 is 0.647 bits per heavy atom. The van der Waals surface area contributed by atoms with Crippen LogP contribution in [0.25, 0.3) is 0 Å². The monoisotopic (exact) mass is 223 g/mol. The zero-order chi connectivity index (χ0) is 11.5. The number of nitrogens with one attached hydrogen (secondary N) is 1. The van der Waals surface area contributed by atoms with Crippen LogP contribution in [0.1, 0.15) is 11.1 Å². The van der Waals surface area contributed by atoms with Gasteiger partial charge in [-0.25, -0.2) is 0 Å². The normalized spacial score (nSPS) is 22.4. The zero-order valence-corrected chi connectivity index (χ0v) is 9.84. The summed E-state index contributed by atoms with van der Waals surface area (Å²) in [4.78, 5) is 0. The second-order valence-electron chi connectivity index (χ2n) is 4.76. The standard InChI is InChI=1S/C16H17N/c1-3-7-13(8-4-1)11-15-16(17-15)12-14-9-5-2-6-10-14/h1-10,15-17H,11-12H2. The van der Waals surface area contributed by atoms with Crippen LogP contribution in [-0.2, 0) is 12.8 Å². The van der Waals surface area contributed by atoms with E-state index in [1.165, 1.54) is 11.1 Å². The first-order valence-corrected chi connectivity index (χ1v) is 6.26. The lowest BCUT2D eigenvalue weighted by molar-refractivity contribution is 0.856. The Balaban J connectivity index is 1.54. The van der Waals surface area contributed by atoms with Gasteiger partial charge >= 0.3 is 0 Å². The highest BCUT2D eigenvalue weighted by atomic mass is 15.1. The minimum absolute atomic E-state index is 0.664. The van der Waals surface area contributed by atoms with E-state index in [1.54, 1.807) is 0 Å². The second kappa shape index (κ2) is 4.72. The number of hydrogen-bond acceptors (Lipinski definition) is 1. The maximum Gasteiger partial charge on any atom is 0.0268 e. The quantitative estimate of drug-likeness (QED) is 0.791. The van der Waals surface area contributed by atoms with Crippen LogP contribution in [0.2, 0.25) is 0 Å². The van der Waals surface area contributed by atoms with Gasteiger partial charge in [0.2, 0.25) is 0 Å². The van der Waals surface area contributed by atoms with E-state index in [0.29, 0.717) is 12.1 Å². The van der Waals surface area contributed by atoms with Crippen molar-refractivity contribution in [1.82, 2.24) is 5.32 Å². The van der Waals surface area contributed by atoms with Crippen molar-refractivity contribution in [3.63, 3.8) is 0 Å². The third-order valence-electron chi connectivity index (χ3n) is 3.40. The Kier molecular flexibility index (Phi) is 2.93. The SMILES string of the molecule is c1ccc(CC2NC2Cc2ccccc2)cc1. The molecule has 1 aliphatic heterocycles. The molecule has 1 fully saturated rings. The summed E-state index contributed by atoms with van der Waals surface area (Å²) in [6.45, 7) is 0. The fourth-order valence-corrected chi connectivity index (χ4v) is 2.36. The van der Waals surface area contributed by atoms with Gasteiger partial charge in [0.15, 0.2) is 0 Å². The molecule has 2 aromatic rings. The molecule has 86 valence electrons. The van der Waals surface area contributed by atoms with Gasteiger partial charge in [-0.1, -0.05) is 60.7 Å². The molecule has 0 saturated carbocycles. The molecule has 0 bridgehead atoms. The molecule has 1 saturated heterocycles. The molecule has 17 heavy (non-hydrogen) atoms. The Morgan fingerprint density at radius 2 is 1.06 bits per heavy atom. The maximum atomic E-state index is 3.57. The summed E-state index contributed by atoms with van der Waals surface area (Å²) in [5.74, 6) is 0. The van der Waals surface area contributed by atoms with E-state index in [1.807, 2.05) is 0 Å². The topological polar surface area (TPSA) is 21.9 Å². The van der Waals surface area contributed by atoms with Crippen molar-refractivity contribution in [3.8, 4) is 0 Å². The maximum absolute atomic E-state index is 3.57. The van der Waals surface area contributed by atoms with Crippen molar-refractivity contribution in [3.05, 3.63) is 71.8 Å². The van der Waals surface area contributed by atoms with Gasteiger partial charge in [-0.2, -0.15) is 0 Å². The molecule has 2 aromatic carbocycles. The van der Waals surface area contributed by atoms with Crippen molar-refractivity contribution in [2.24, 2.45) is 0 Å². The molecule has 1 nitrogen and oxygen atoms in total. The van der Waals surface area contributed by atoms with Crippen molar-refractivity contribution < 1.29 is 0 Å². The number of benzene rings is 2. The average molecular weight is 223 g/mol. The molecule has 0 amide bonds. The van der Waals surface area contributed by atoms with Crippen LogP contribution in [-0.4, -0.2) is 12.1 Å². The van der Waals surface area contributed by atoms with E-state index in [9.17, 15) is 0 Å². The highest BCUT2D eigenvalue weighted by Crippen LogP contribution is 2.20. The third-order valence-corrected chi connectivity index (χ3v) is 3.40. The highest BCUT2D eigenvalue weighted by molar-refractivity contribution is 5.22. The summed E-state index contributed by atoms with van der Waals surface area (Å²) in [6, 6.07) is 22.8. The summed E-state index contributed by atoms with van der Waals surface area (Å²) in [5, 5.41) is 3.57. The average Bonchev–Trinajstić information content (AvgIpc) is 3.10. The van der Waals surface area contributed by atoms with Crippen molar-refractivity contribution in [2.75, 3.05) is 0 Å². The van der Waals surface area contributed by atoms with Crippen LogP contribution in [0.5, 0.6) is 0 Å². The Bertz CT molecular complexity index is 418. The van der Waals surface area contributed by atoms with Gasteiger partial charge < -0.3 is 5.32 Å². The van der Waals surface area contributed by atoms with E-state index < -0.39 is 0 Å². The fraction of sp³-hybridized carbons (Fsp3) is 0.250. The first-order valence-electron chi connectivity index (χ1n) is 6.26. The molecule has 0 spiro atoms. The highest BCUT2D eigenvalue weighted by Gasteiger charge is 2.35. The lowest BCUT2D eigenvalue weighted by Crippen LogP contribution is -2.01. The molecule has 2 atom stereocenters. The van der Waals surface area contributed by atoms with E-state index in [4.69, 9.17) is 0 Å². The van der Waals surface area contributed by atoms with Crippen LogP contribution in [0, 0.1) is 0 Å². The number of hydrogen-bond donors (Lipinski definition) is 1. The van der Waals surface area contributed by atoms with E-state index in [-0.39, 0.29) is 0 Å². The van der Waals surface area contributed by atoms with E-state index >= 15 is 0 Å². The Hall–Kier alpha value is -1.60. The van der Waals surface area contributed by atoms with Crippen LogP contribution < -0.4 is 5.32 Å². The molecule has 1 N–H and O–H groups in total. The zero-order valence-electron chi connectivity index (χ0n) is 9.84. The Labute approximate surface area is 102 Å². The van der Waals surface area contributed by atoms with Gasteiger partial charge in [-0.05, 0) is 24.0 Å². The van der Waals surface area contributed by atoms with E-state index in [2.05, 4.69) is 66.0 Å². The second-order valence-corrected chi connectivity index (χ2v) is 4.76. The van der Waals surface area contributed by atoms with Crippen molar-refractivity contribution in [2.45, 2.75) is 24.9 Å². The summed E-state index contributed by atoms with van der Waals surface area (Å²) in [7, 11) is 0. The van der Waals surface area contributed by atoms with Crippen LogP contribution in [0.3, 0.4) is 0 Å². The molecule has 1 aliphatic rings. The number of rotatable bonds is 4. The van der Waals surface area contributed by atoms with Gasteiger partial charge in [0, 0.05) is 12.1 Å². The molecule has 2 unspecified atom stereocenters.